The molecule has 0 aliphatic carbocycles. The first-order chi connectivity index (χ1) is 20.6. The van der Waals surface area contributed by atoms with E-state index < -0.39 is 34.6 Å². The smallest absolute Gasteiger partial charge is 0.200 e. The monoisotopic (exact) mass is 637 g/mol. The Morgan fingerprint density at radius 3 is 1.26 bits per heavy atom. The third-order valence-electron chi connectivity index (χ3n) is 4.59. The highest BCUT2D eigenvalue weighted by Gasteiger charge is 2.22. The van der Waals surface area contributed by atoms with Crippen LogP contribution < -0.4 is 5.73 Å². The Kier molecular flexibility index (Phi) is 36.8. The molecule has 1 aromatic rings. The molecule has 0 atom stereocenters. The normalized spacial score (nSPS) is 10.2. The molecule has 256 valence electrons. The average molecular weight is 638 g/mol. The maximum Gasteiger partial charge on any atom is 0.200 e. The van der Waals surface area contributed by atoms with Crippen molar-refractivity contribution < 1.29 is 59.9 Å². The molecule has 0 unspecified atom stereocenters. The number of carbonyl (C=O) groups excluding carboxylic acids is 1. The standard InChI is InChI=1S/C11H22O5.C7H3F5.C7H17NO2.C4H10O/c1-11(12)3-4-14-7-8-16-10-9-15-6-5-13-2;1-2-3(8)5(10)7(12)6(11)4(2)9;1-2-4-9-6-7-10-5-3-8;1-3-4-5-2/h3-10H2,1-2H3;1H3;2-8H2,1H3;3-4H2,1-2H3. The van der Waals surface area contributed by atoms with Crippen molar-refractivity contribution in [2.75, 3.05) is 100 Å². The number of methoxy groups -OCH3 is 2. The number of hydrogen-bond acceptors (Lipinski definition) is 9. The Balaban J connectivity index is -0.000000528. The van der Waals surface area contributed by atoms with Gasteiger partial charge >= 0.3 is 0 Å². The van der Waals surface area contributed by atoms with Gasteiger partial charge in [0.15, 0.2) is 23.3 Å². The first-order valence-electron chi connectivity index (χ1n) is 14.1. The number of rotatable bonds is 21. The van der Waals surface area contributed by atoms with Gasteiger partial charge in [-0.05, 0) is 26.7 Å². The molecule has 9 nitrogen and oxygen atoms in total. The lowest BCUT2D eigenvalue weighted by molar-refractivity contribution is -0.118. The molecular formula is C29H52F5NO8. The average Bonchev–Trinajstić information content (AvgIpc) is 3.00. The molecule has 43 heavy (non-hydrogen) atoms. The molecule has 0 saturated heterocycles. The zero-order valence-corrected chi connectivity index (χ0v) is 26.5. The molecular weight excluding hydrogens is 585 g/mol. The summed E-state index contributed by atoms with van der Waals surface area (Å²) in [5, 5.41) is 0. The van der Waals surface area contributed by atoms with Gasteiger partial charge in [0.05, 0.1) is 66.1 Å². The van der Waals surface area contributed by atoms with E-state index in [1.807, 2.05) is 0 Å². The van der Waals surface area contributed by atoms with Crippen LogP contribution >= 0.6 is 0 Å². The highest BCUT2D eigenvalue weighted by Crippen LogP contribution is 2.21. The van der Waals surface area contributed by atoms with E-state index in [9.17, 15) is 26.7 Å². The van der Waals surface area contributed by atoms with Crippen LogP contribution in [0.5, 0.6) is 0 Å². The van der Waals surface area contributed by atoms with Gasteiger partial charge in [0.25, 0.3) is 0 Å². The van der Waals surface area contributed by atoms with Crippen LogP contribution in [0.15, 0.2) is 0 Å². The third-order valence-corrected chi connectivity index (χ3v) is 4.59. The summed E-state index contributed by atoms with van der Waals surface area (Å²) in [5.41, 5.74) is 4.33. The van der Waals surface area contributed by atoms with Crippen molar-refractivity contribution in [2.45, 2.75) is 47.0 Å². The fourth-order valence-corrected chi connectivity index (χ4v) is 2.37. The highest BCUT2D eigenvalue weighted by atomic mass is 19.2. The molecule has 0 saturated carbocycles. The Hall–Kier alpha value is -1.78. The van der Waals surface area contributed by atoms with Crippen molar-refractivity contribution in [1.82, 2.24) is 0 Å². The lowest BCUT2D eigenvalue weighted by Gasteiger charge is -2.05. The minimum Gasteiger partial charge on any atom is -0.385 e. The summed E-state index contributed by atoms with van der Waals surface area (Å²) in [7, 11) is 3.35. The summed E-state index contributed by atoms with van der Waals surface area (Å²) in [6.45, 7) is 14.7. The zero-order chi connectivity index (χ0) is 33.3. The summed E-state index contributed by atoms with van der Waals surface area (Å²) >= 11 is 0. The van der Waals surface area contributed by atoms with Crippen LogP contribution in [0.25, 0.3) is 0 Å². The van der Waals surface area contributed by atoms with E-state index in [1.54, 1.807) is 21.1 Å². The molecule has 0 radical (unpaired) electrons. The van der Waals surface area contributed by atoms with Crippen LogP contribution in [0.2, 0.25) is 0 Å². The number of halogens is 5. The Labute approximate surface area is 253 Å². The number of ether oxygens (including phenoxy) is 7. The lowest BCUT2D eigenvalue weighted by Crippen LogP contribution is -2.12. The van der Waals surface area contributed by atoms with E-state index in [0.29, 0.717) is 79.0 Å². The summed E-state index contributed by atoms with van der Waals surface area (Å²) in [5.74, 6) is -9.38. The van der Waals surface area contributed by atoms with Gasteiger partial charge in [0.1, 0.15) is 5.78 Å². The van der Waals surface area contributed by atoms with Gasteiger partial charge < -0.3 is 38.9 Å². The largest absolute Gasteiger partial charge is 0.385 e. The molecule has 0 fully saturated rings. The summed E-state index contributed by atoms with van der Waals surface area (Å²) in [4.78, 5) is 10.6. The van der Waals surface area contributed by atoms with Gasteiger partial charge in [0.2, 0.25) is 5.82 Å². The fourth-order valence-electron chi connectivity index (χ4n) is 2.37. The van der Waals surface area contributed by atoms with Crippen LogP contribution in [-0.4, -0.2) is 106 Å². The molecule has 0 aliphatic rings. The molecule has 0 heterocycles. The van der Waals surface area contributed by atoms with Gasteiger partial charge in [-0.1, -0.05) is 13.8 Å². The van der Waals surface area contributed by atoms with E-state index >= 15 is 0 Å². The topological polar surface area (TPSA) is 108 Å². The van der Waals surface area contributed by atoms with Crippen molar-refractivity contribution in [2.24, 2.45) is 5.73 Å². The van der Waals surface area contributed by atoms with Crippen LogP contribution in [-0.2, 0) is 38.0 Å². The van der Waals surface area contributed by atoms with E-state index in [1.165, 1.54) is 0 Å². The molecule has 0 aliphatic heterocycles. The number of benzene rings is 1. The van der Waals surface area contributed by atoms with Gasteiger partial charge in [-0.2, -0.15) is 0 Å². The molecule has 14 heteroatoms. The van der Waals surface area contributed by atoms with Crippen LogP contribution in [0.1, 0.15) is 45.6 Å². The number of carbonyl (C=O) groups is 1. The Bertz CT molecular complexity index is 664. The third kappa shape index (κ3) is 30.0. The van der Waals surface area contributed by atoms with Gasteiger partial charge in [-0.25, -0.2) is 22.0 Å². The first kappa shape index (κ1) is 45.6. The molecule has 1 rings (SSSR count). The highest BCUT2D eigenvalue weighted by molar-refractivity contribution is 5.75. The first-order valence-corrected chi connectivity index (χ1v) is 14.1. The van der Waals surface area contributed by atoms with Crippen molar-refractivity contribution in [1.29, 1.82) is 0 Å². The molecule has 2 N–H and O–H groups in total. The predicted molar refractivity (Wildman–Crippen MR) is 154 cm³/mol. The number of Topliss-reactive ketones (excluding diaryl/α,β-unsaturated/α-hetero) is 1. The van der Waals surface area contributed by atoms with Gasteiger partial charge in [-0.15, -0.1) is 0 Å². The molecule has 0 amide bonds. The zero-order valence-electron chi connectivity index (χ0n) is 26.5. The van der Waals surface area contributed by atoms with Crippen molar-refractivity contribution in [3.05, 3.63) is 34.6 Å². The van der Waals surface area contributed by atoms with Crippen molar-refractivity contribution in [3.63, 3.8) is 0 Å². The summed E-state index contributed by atoms with van der Waals surface area (Å²) < 4.78 is 97.0. The van der Waals surface area contributed by atoms with Crippen molar-refractivity contribution >= 4 is 5.78 Å². The van der Waals surface area contributed by atoms with Crippen LogP contribution in [0.3, 0.4) is 0 Å². The maximum absolute atomic E-state index is 12.4. The number of nitrogens with two attached hydrogens (primary N) is 1. The number of hydrogen-bond donors (Lipinski definition) is 1. The van der Waals surface area contributed by atoms with Gasteiger partial charge in [0, 0.05) is 46.0 Å². The second-order valence-electron chi connectivity index (χ2n) is 8.48. The Morgan fingerprint density at radius 1 is 0.558 bits per heavy atom. The fraction of sp³-hybridized carbons (Fsp3) is 0.759. The summed E-state index contributed by atoms with van der Waals surface area (Å²) in [6.07, 6.45) is 2.66. The maximum atomic E-state index is 12.4. The van der Waals surface area contributed by atoms with Crippen LogP contribution in [0.4, 0.5) is 22.0 Å². The quantitative estimate of drug-likeness (QED) is 0.0882. The predicted octanol–water partition coefficient (Wildman–Crippen LogP) is 4.78. The molecule has 0 bridgehead atoms. The van der Waals surface area contributed by atoms with E-state index in [2.05, 4.69) is 13.8 Å². The minimum atomic E-state index is -2.13. The molecule has 1 aromatic carbocycles. The summed E-state index contributed by atoms with van der Waals surface area (Å²) in [6, 6.07) is 0. The number of ketones is 1. The van der Waals surface area contributed by atoms with E-state index in [0.717, 1.165) is 33.0 Å². The lowest BCUT2D eigenvalue weighted by atomic mass is 10.2. The van der Waals surface area contributed by atoms with Gasteiger partial charge in [-0.3, -0.25) is 4.79 Å². The van der Waals surface area contributed by atoms with Crippen molar-refractivity contribution in [3.8, 4) is 0 Å². The second kappa shape index (κ2) is 34.7. The molecule has 0 spiro atoms. The van der Waals surface area contributed by atoms with E-state index in [4.69, 9.17) is 38.9 Å². The van der Waals surface area contributed by atoms with E-state index in [-0.39, 0.29) is 5.78 Å². The Morgan fingerprint density at radius 2 is 0.907 bits per heavy atom. The second-order valence-corrected chi connectivity index (χ2v) is 8.48. The van der Waals surface area contributed by atoms with Crippen LogP contribution in [0, 0.1) is 36.0 Å². The SMILES string of the molecule is CCCOC.CCCOCCOCCN.COCCOCCOCCOCCC(C)=O.Cc1c(F)c(F)c(F)c(F)c1F. The minimum absolute atomic E-state index is 0.146. The molecule has 0 aromatic heterocycles.